The first-order chi connectivity index (χ1) is 5.85. The van der Waals surface area contributed by atoms with Crippen molar-refractivity contribution in [2.75, 3.05) is 0 Å². The minimum absolute atomic E-state index is 0.958. The van der Waals surface area contributed by atoms with E-state index >= 15 is 0 Å². The van der Waals surface area contributed by atoms with Crippen LogP contribution in [0, 0.1) is 13.8 Å². The molecule has 0 atom stereocenters. The van der Waals surface area contributed by atoms with Crippen molar-refractivity contribution in [3.05, 3.63) is 56.3 Å². The second-order valence-corrected chi connectivity index (χ2v) is 2.32. The van der Waals surface area contributed by atoms with Gasteiger partial charge in [0.25, 0.3) is 0 Å². The predicted octanol–water partition coefficient (Wildman–Crippen LogP) is 3.76. The van der Waals surface area contributed by atoms with Crippen LogP contribution >= 0.6 is 0 Å². The van der Waals surface area contributed by atoms with Gasteiger partial charge >= 0.3 is 0 Å². The molecule has 2 radical (unpaired) electrons. The summed E-state index contributed by atoms with van der Waals surface area (Å²) in [6.07, 6.45) is 3.75. The van der Waals surface area contributed by atoms with Crippen molar-refractivity contribution in [3.8, 4) is 0 Å². The number of benzene rings is 1. The highest BCUT2D eigenvalue weighted by molar-refractivity contribution is 5.45. The quantitative estimate of drug-likeness (QED) is 0.618. The van der Waals surface area contributed by atoms with Crippen molar-refractivity contribution >= 4 is 6.08 Å². The SMILES string of the molecule is C=Cc1ccccc1.[CH2]CC[CH2]. The molecule has 0 unspecified atom stereocenters. The number of hydrogen-bond acceptors (Lipinski definition) is 0. The van der Waals surface area contributed by atoms with Gasteiger partial charge in [0.1, 0.15) is 0 Å². The number of rotatable bonds is 2. The lowest BCUT2D eigenvalue weighted by Crippen LogP contribution is -1.63. The molecule has 12 heavy (non-hydrogen) atoms. The molecule has 1 rings (SSSR count). The van der Waals surface area contributed by atoms with E-state index in [0.29, 0.717) is 0 Å². The molecule has 0 fully saturated rings. The summed E-state index contributed by atoms with van der Waals surface area (Å²) in [5.74, 6) is 0. The van der Waals surface area contributed by atoms with Gasteiger partial charge in [0.2, 0.25) is 0 Å². The Labute approximate surface area is 75.9 Å². The molecule has 0 aliphatic heterocycles. The standard InChI is InChI=1S/C8H8.C4H8/c1-2-8-6-4-3-5-7-8;1-3-4-2/h2-7H,1H2;1-4H2. The summed E-state index contributed by atoms with van der Waals surface area (Å²) in [7, 11) is 0. The highest BCUT2D eigenvalue weighted by Gasteiger charge is 1.75. The molecule has 0 spiro atoms. The van der Waals surface area contributed by atoms with Crippen LogP contribution in [0.4, 0.5) is 0 Å². The summed E-state index contributed by atoms with van der Waals surface area (Å²) in [6, 6.07) is 10.0. The van der Waals surface area contributed by atoms with Crippen LogP contribution in [0.15, 0.2) is 36.9 Å². The molecule has 0 heteroatoms. The fourth-order valence-corrected chi connectivity index (χ4v) is 0.589. The molecule has 0 saturated heterocycles. The van der Waals surface area contributed by atoms with E-state index < -0.39 is 0 Å². The molecule has 1 aromatic rings. The first-order valence-corrected chi connectivity index (χ1v) is 4.11. The van der Waals surface area contributed by atoms with Crippen molar-refractivity contribution in [2.24, 2.45) is 0 Å². The Morgan fingerprint density at radius 1 is 1.00 bits per heavy atom. The zero-order valence-corrected chi connectivity index (χ0v) is 7.50. The Morgan fingerprint density at radius 3 is 1.75 bits per heavy atom. The Kier molecular flexibility index (Phi) is 7.36. The predicted molar refractivity (Wildman–Crippen MR) is 56.5 cm³/mol. The second kappa shape index (κ2) is 8.06. The lowest BCUT2D eigenvalue weighted by atomic mass is 10.2. The van der Waals surface area contributed by atoms with Crippen LogP contribution in [0.3, 0.4) is 0 Å². The van der Waals surface area contributed by atoms with Gasteiger partial charge in [0.05, 0.1) is 0 Å². The van der Waals surface area contributed by atoms with Crippen LogP contribution < -0.4 is 0 Å². The van der Waals surface area contributed by atoms with Crippen LogP contribution in [-0.2, 0) is 0 Å². The van der Waals surface area contributed by atoms with E-state index in [1.165, 1.54) is 5.56 Å². The summed E-state index contributed by atoms with van der Waals surface area (Å²) in [5.41, 5.74) is 1.17. The van der Waals surface area contributed by atoms with Gasteiger partial charge in [-0.15, -0.1) is 0 Å². The van der Waals surface area contributed by atoms with E-state index in [2.05, 4.69) is 20.4 Å². The van der Waals surface area contributed by atoms with Crippen LogP contribution in [0.1, 0.15) is 18.4 Å². The minimum atomic E-state index is 0.958. The normalized spacial score (nSPS) is 8.17. The molecule has 0 amide bonds. The van der Waals surface area contributed by atoms with Gasteiger partial charge in [-0.3, -0.25) is 0 Å². The fraction of sp³-hybridized carbons (Fsp3) is 0.167. The first-order valence-electron chi connectivity index (χ1n) is 4.11. The van der Waals surface area contributed by atoms with Crippen LogP contribution in [-0.4, -0.2) is 0 Å². The van der Waals surface area contributed by atoms with E-state index in [9.17, 15) is 0 Å². The van der Waals surface area contributed by atoms with E-state index in [0.717, 1.165) is 12.8 Å². The van der Waals surface area contributed by atoms with Gasteiger partial charge in [-0.2, -0.15) is 0 Å². The minimum Gasteiger partial charge on any atom is -0.0985 e. The van der Waals surface area contributed by atoms with E-state index in [1.54, 1.807) is 0 Å². The summed E-state index contributed by atoms with van der Waals surface area (Å²) in [4.78, 5) is 0. The fourth-order valence-electron chi connectivity index (χ4n) is 0.589. The number of hydrogen-bond donors (Lipinski definition) is 0. The zero-order valence-electron chi connectivity index (χ0n) is 7.50. The summed E-state index contributed by atoms with van der Waals surface area (Å²) < 4.78 is 0. The maximum atomic E-state index is 3.63. The molecular formula is C12H16. The van der Waals surface area contributed by atoms with Crippen molar-refractivity contribution in [2.45, 2.75) is 12.8 Å². The molecule has 0 aliphatic carbocycles. The molecule has 0 saturated carbocycles. The number of unbranched alkanes of at least 4 members (excludes halogenated alkanes) is 1. The average Bonchev–Trinajstić information content (AvgIpc) is 2.19. The van der Waals surface area contributed by atoms with E-state index in [4.69, 9.17) is 0 Å². The third kappa shape index (κ3) is 5.72. The molecule has 0 heterocycles. The smallest absolute Gasteiger partial charge is 0.0263 e. The maximum absolute atomic E-state index is 3.63. The van der Waals surface area contributed by atoms with Crippen LogP contribution in [0.5, 0.6) is 0 Å². The summed E-state index contributed by atoms with van der Waals surface area (Å²) >= 11 is 0. The van der Waals surface area contributed by atoms with Crippen molar-refractivity contribution < 1.29 is 0 Å². The van der Waals surface area contributed by atoms with Crippen LogP contribution in [0.2, 0.25) is 0 Å². The van der Waals surface area contributed by atoms with Gasteiger partial charge in [-0.25, -0.2) is 0 Å². The van der Waals surface area contributed by atoms with Gasteiger partial charge in [0.15, 0.2) is 0 Å². The average molecular weight is 160 g/mol. The Hall–Kier alpha value is -1.04. The Bertz CT molecular complexity index is 184. The second-order valence-electron chi connectivity index (χ2n) is 2.32. The lowest BCUT2D eigenvalue weighted by Gasteiger charge is -1.85. The molecule has 0 aliphatic rings. The van der Waals surface area contributed by atoms with Gasteiger partial charge in [-0.05, 0) is 5.56 Å². The summed E-state index contributed by atoms with van der Waals surface area (Å²) in [5, 5.41) is 0. The molecule has 64 valence electrons. The molecule has 0 nitrogen and oxygen atoms in total. The molecule has 0 N–H and O–H groups in total. The monoisotopic (exact) mass is 160 g/mol. The van der Waals surface area contributed by atoms with Gasteiger partial charge in [0, 0.05) is 0 Å². The molecular weight excluding hydrogens is 144 g/mol. The highest BCUT2D eigenvalue weighted by Crippen LogP contribution is 1.97. The Morgan fingerprint density at radius 2 is 1.50 bits per heavy atom. The van der Waals surface area contributed by atoms with Gasteiger partial charge < -0.3 is 0 Å². The van der Waals surface area contributed by atoms with Crippen molar-refractivity contribution in [1.29, 1.82) is 0 Å². The van der Waals surface area contributed by atoms with Crippen LogP contribution in [0.25, 0.3) is 6.08 Å². The topological polar surface area (TPSA) is 0 Å². The van der Waals surface area contributed by atoms with E-state index in [-0.39, 0.29) is 0 Å². The largest absolute Gasteiger partial charge is 0.0985 e. The summed E-state index contributed by atoms with van der Waals surface area (Å²) in [6.45, 7) is 10.7. The third-order valence-corrected chi connectivity index (χ3v) is 1.29. The van der Waals surface area contributed by atoms with Gasteiger partial charge in [-0.1, -0.05) is 69.7 Å². The molecule has 0 aromatic heterocycles. The van der Waals surface area contributed by atoms with Crippen molar-refractivity contribution in [3.63, 3.8) is 0 Å². The van der Waals surface area contributed by atoms with E-state index in [1.807, 2.05) is 36.4 Å². The molecule has 0 bridgehead atoms. The lowest BCUT2D eigenvalue weighted by molar-refractivity contribution is 1.05. The molecule has 1 aromatic carbocycles. The zero-order chi connectivity index (χ0) is 9.23. The van der Waals surface area contributed by atoms with Crippen molar-refractivity contribution in [1.82, 2.24) is 0 Å². The third-order valence-electron chi connectivity index (χ3n) is 1.29. The Balaban J connectivity index is 0.000000261. The first kappa shape index (κ1) is 11.0. The maximum Gasteiger partial charge on any atom is -0.0263 e. The highest BCUT2D eigenvalue weighted by atomic mass is 13.8.